The zero-order chi connectivity index (χ0) is 15.0. The van der Waals surface area contributed by atoms with Crippen molar-refractivity contribution in [3.8, 4) is 5.75 Å². The van der Waals surface area contributed by atoms with Gasteiger partial charge in [0.05, 0.1) is 6.21 Å². The number of hydrogen-bond acceptors (Lipinski definition) is 3. The second kappa shape index (κ2) is 8.53. The Morgan fingerprint density at radius 1 is 1.30 bits per heavy atom. The molecule has 0 aliphatic carbocycles. The minimum absolute atomic E-state index is 0.336. The SMILES string of the molecule is CCCCCNC(=S)N/N=C/c1cc(C)c(O)c(C)c1. The van der Waals surface area contributed by atoms with E-state index < -0.39 is 0 Å². The van der Waals surface area contributed by atoms with Gasteiger partial charge in [0.15, 0.2) is 5.11 Å². The molecule has 0 atom stereocenters. The minimum atomic E-state index is 0.336. The molecule has 0 aliphatic heterocycles. The van der Waals surface area contributed by atoms with Crippen molar-refractivity contribution in [2.45, 2.75) is 40.0 Å². The fourth-order valence-electron chi connectivity index (χ4n) is 1.85. The van der Waals surface area contributed by atoms with Gasteiger partial charge in [-0.25, -0.2) is 0 Å². The molecule has 0 bridgehead atoms. The van der Waals surface area contributed by atoms with Crippen LogP contribution in [0.4, 0.5) is 0 Å². The molecule has 0 heterocycles. The molecule has 0 saturated carbocycles. The maximum absolute atomic E-state index is 9.69. The van der Waals surface area contributed by atoms with E-state index in [2.05, 4.69) is 22.8 Å². The number of benzene rings is 1. The highest BCUT2D eigenvalue weighted by Gasteiger charge is 2.01. The van der Waals surface area contributed by atoms with Gasteiger partial charge in [-0.05, 0) is 61.3 Å². The van der Waals surface area contributed by atoms with Crippen molar-refractivity contribution < 1.29 is 5.11 Å². The number of aromatic hydroxyl groups is 1. The van der Waals surface area contributed by atoms with Crippen LogP contribution in [0, 0.1) is 13.8 Å². The monoisotopic (exact) mass is 293 g/mol. The Hall–Kier alpha value is -1.62. The summed E-state index contributed by atoms with van der Waals surface area (Å²) in [6, 6.07) is 3.76. The fraction of sp³-hybridized carbons (Fsp3) is 0.467. The molecule has 0 saturated heterocycles. The van der Waals surface area contributed by atoms with E-state index in [9.17, 15) is 5.11 Å². The minimum Gasteiger partial charge on any atom is -0.507 e. The molecule has 0 radical (unpaired) electrons. The Balaban J connectivity index is 2.43. The third-order valence-corrected chi connectivity index (χ3v) is 3.19. The summed E-state index contributed by atoms with van der Waals surface area (Å²) in [6.45, 7) is 6.77. The van der Waals surface area contributed by atoms with Crippen LogP contribution < -0.4 is 10.7 Å². The van der Waals surface area contributed by atoms with Crippen molar-refractivity contribution in [1.82, 2.24) is 10.7 Å². The van der Waals surface area contributed by atoms with Crippen LogP contribution in [0.2, 0.25) is 0 Å². The first-order valence-corrected chi connectivity index (χ1v) is 7.32. The van der Waals surface area contributed by atoms with Crippen LogP contribution in [-0.2, 0) is 0 Å². The maximum Gasteiger partial charge on any atom is 0.186 e. The summed E-state index contributed by atoms with van der Waals surface area (Å²) in [5.41, 5.74) is 5.40. The first-order chi connectivity index (χ1) is 9.54. The molecule has 1 rings (SSSR count). The third-order valence-electron chi connectivity index (χ3n) is 2.96. The number of unbranched alkanes of at least 4 members (excludes halogenated alkanes) is 2. The lowest BCUT2D eigenvalue weighted by Crippen LogP contribution is -2.32. The summed E-state index contributed by atoms with van der Waals surface area (Å²) < 4.78 is 0. The molecule has 1 aromatic carbocycles. The van der Waals surface area contributed by atoms with Crippen LogP contribution in [0.15, 0.2) is 17.2 Å². The second-order valence-electron chi connectivity index (χ2n) is 4.84. The van der Waals surface area contributed by atoms with Gasteiger partial charge < -0.3 is 10.4 Å². The first kappa shape index (κ1) is 16.4. The Morgan fingerprint density at radius 3 is 2.55 bits per heavy atom. The predicted molar refractivity (Wildman–Crippen MR) is 88.4 cm³/mol. The van der Waals surface area contributed by atoms with Gasteiger partial charge in [0.25, 0.3) is 0 Å². The van der Waals surface area contributed by atoms with Gasteiger partial charge in [0.1, 0.15) is 5.75 Å². The molecule has 0 aliphatic rings. The molecular formula is C15H23N3OS. The third kappa shape index (κ3) is 5.57. The van der Waals surface area contributed by atoms with Crippen LogP contribution in [0.25, 0.3) is 0 Å². The van der Waals surface area contributed by atoms with E-state index >= 15 is 0 Å². The fourth-order valence-corrected chi connectivity index (χ4v) is 2.00. The van der Waals surface area contributed by atoms with Crippen molar-refractivity contribution in [1.29, 1.82) is 0 Å². The number of nitrogens with zero attached hydrogens (tertiary/aromatic N) is 1. The highest BCUT2D eigenvalue weighted by molar-refractivity contribution is 7.80. The number of hydrogen-bond donors (Lipinski definition) is 3. The van der Waals surface area contributed by atoms with Gasteiger partial charge >= 0.3 is 0 Å². The standard InChI is InChI=1S/C15H23N3OS/c1-4-5-6-7-16-15(20)18-17-10-13-8-11(2)14(19)12(3)9-13/h8-10,19H,4-7H2,1-3H3,(H2,16,18,20)/b17-10+. The largest absolute Gasteiger partial charge is 0.507 e. The Bertz CT molecular complexity index is 463. The summed E-state index contributed by atoms with van der Waals surface area (Å²) in [7, 11) is 0. The summed E-state index contributed by atoms with van der Waals surface area (Å²) in [5.74, 6) is 0.336. The van der Waals surface area contributed by atoms with Gasteiger partial charge in [-0.1, -0.05) is 19.8 Å². The molecule has 5 heteroatoms. The molecule has 20 heavy (non-hydrogen) atoms. The highest BCUT2D eigenvalue weighted by Crippen LogP contribution is 2.21. The molecule has 0 amide bonds. The van der Waals surface area contributed by atoms with Gasteiger partial charge in [0.2, 0.25) is 0 Å². The van der Waals surface area contributed by atoms with E-state index in [1.165, 1.54) is 12.8 Å². The average molecular weight is 293 g/mol. The van der Waals surface area contributed by atoms with Crippen LogP contribution in [0.1, 0.15) is 42.9 Å². The number of rotatable bonds is 6. The highest BCUT2D eigenvalue weighted by atomic mass is 32.1. The van der Waals surface area contributed by atoms with Crippen LogP contribution in [0.3, 0.4) is 0 Å². The van der Waals surface area contributed by atoms with E-state index in [0.29, 0.717) is 10.9 Å². The smallest absolute Gasteiger partial charge is 0.186 e. The van der Waals surface area contributed by atoms with Crippen molar-refractivity contribution in [3.05, 3.63) is 28.8 Å². The quantitative estimate of drug-likeness (QED) is 0.327. The zero-order valence-corrected chi connectivity index (χ0v) is 13.2. The number of phenols is 1. The van der Waals surface area contributed by atoms with E-state index in [1.807, 2.05) is 26.0 Å². The lowest BCUT2D eigenvalue weighted by atomic mass is 10.1. The van der Waals surface area contributed by atoms with Crippen molar-refractivity contribution in [2.75, 3.05) is 6.54 Å². The number of hydrazone groups is 1. The van der Waals surface area contributed by atoms with E-state index in [0.717, 1.165) is 29.7 Å². The molecule has 0 fully saturated rings. The van der Waals surface area contributed by atoms with Crippen molar-refractivity contribution in [3.63, 3.8) is 0 Å². The molecule has 0 unspecified atom stereocenters. The number of thiocarbonyl (C=S) groups is 1. The molecule has 1 aromatic rings. The first-order valence-electron chi connectivity index (χ1n) is 6.91. The topological polar surface area (TPSA) is 56.7 Å². The molecular weight excluding hydrogens is 270 g/mol. The van der Waals surface area contributed by atoms with Crippen molar-refractivity contribution >= 4 is 23.5 Å². The summed E-state index contributed by atoms with van der Waals surface area (Å²) >= 11 is 5.12. The number of aryl methyl sites for hydroxylation is 2. The molecule has 3 N–H and O–H groups in total. The maximum atomic E-state index is 9.69. The Labute approximate surface area is 126 Å². The van der Waals surface area contributed by atoms with Gasteiger partial charge in [-0.15, -0.1) is 0 Å². The van der Waals surface area contributed by atoms with E-state index in [-0.39, 0.29) is 0 Å². The zero-order valence-electron chi connectivity index (χ0n) is 12.4. The normalized spacial score (nSPS) is 10.8. The van der Waals surface area contributed by atoms with Gasteiger partial charge in [0, 0.05) is 6.54 Å². The van der Waals surface area contributed by atoms with Gasteiger partial charge in [-0.3, -0.25) is 5.43 Å². The summed E-state index contributed by atoms with van der Waals surface area (Å²) in [6.07, 6.45) is 5.20. The second-order valence-corrected chi connectivity index (χ2v) is 5.24. The number of phenolic OH excluding ortho intramolecular Hbond substituents is 1. The lowest BCUT2D eigenvalue weighted by Gasteiger charge is -2.07. The number of nitrogens with one attached hydrogen (secondary N) is 2. The van der Waals surface area contributed by atoms with Crippen molar-refractivity contribution in [2.24, 2.45) is 5.10 Å². The van der Waals surface area contributed by atoms with E-state index in [4.69, 9.17) is 12.2 Å². The summed E-state index contributed by atoms with van der Waals surface area (Å²) in [4.78, 5) is 0. The average Bonchev–Trinajstić information content (AvgIpc) is 2.41. The summed E-state index contributed by atoms with van der Waals surface area (Å²) in [5, 5.41) is 17.4. The van der Waals surface area contributed by atoms with Crippen LogP contribution >= 0.6 is 12.2 Å². The molecule has 110 valence electrons. The molecule has 4 nitrogen and oxygen atoms in total. The Morgan fingerprint density at radius 2 is 1.95 bits per heavy atom. The Kier molecular flexibility index (Phi) is 7.01. The molecule has 0 aromatic heterocycles. The van der Waals surface area contributed by atoms with Gasteiger partial charge in [-0.2, -0.15) is 5.10 Å². The molecule has 0 spiro atoms. The lowest BCUT2D eigenvalue weighted by molar-refractivity contribution is 0.467. The van der Waals surface area contributed by atoms with Crippen LogP contribution in [-0.4, -0.2) is 23.0 Å². The van der Waals surface area contributed by atoms with Crippen LogP contribution in [0.5, 0.6) is 5.75 Å². The van der Waals surface area contributed by atoms with E-state index in [1.54, 1.807) is 6.21 Å². The predicted octanol–water partition coefficient (Wildman–Crippen LogP) is 3.00.